The number of carbonyl (C=O) groups is 2. The lowest BCUT2D eigenvalue weighted by Crippen LogP contribution is -2.69. The van der Waals surface area contributed by atoms with Gasteiger partial charge in [-0.25, -0.2) is 8.78 Å². The molecule has 3 fully saturated rings. The number of rotatable bonds is 2. The average molecular weight is 447 g/mol. The third-order valence-electron chi connectivity index (χ3n) is 8.71. The van der Waals surface area contributed by atoms with Crippen LogP contribution in [0.25, 0.3) is 0 Å². The Balaban J connectivity index is 1.87. The summed E-state index contributed by atoms with van der Waals surface area (Å²) in [6.45, 7) is 4.05. The molecular formula is C22H26Cl2F2O3. The molecule has 0 saturated heterocycles. The van der Waals surface area contributed by atoms with Gasteiger partial charge in [0.2, 0.25) is 0 Å². The van der Waals surface area contributed by atoms with Crippen LogP contribution in [-0.2, 0) is 9.59 Å². The molecule has 4 aliphatic rings. The molecule has 0 aliphatic heterocycles. The van der Waals surface area contributed by atoms with Crippen molar-refractivity contribution in [2.45, 2.75) is 62.1 Å². The molecule has 1 N–H and O–H groups in total. The minimum Gasteiger partial charge on any atom is -0.381 e. The van der Waals surface area contributed by atoms with Gasteiger partial charge in [0.05, 0.1) is 10.3 Å². The zero-order chi connectivity index (χ0) is 21.6. The Morgan fingerprint density at radius 1 is 1.31 bits per heavy atom. The Hall–Kier alpha value is -0.780. The number of fused-ring (bicyclic) bond motifs is 5. The van der Waals surface area contributed by atoms with Gasteiger partial charge in [-0.15, -0.1) is 23.2 Å². The smallest absolute Gasteiger partial charge is 0.196 e. The molecule has 0 bridgehead atoms. The molecule has 4 rings (SSSR count). The van der Waals surface area contributed by atoms with Crippen LogP contribution in [0, 0.1) is 28.6 Å². The molecule has 0 aromatic heterocycles. The fourth-order valence-corrected chi connectivity index (χ4v) is 8.37. The van der Waals surface area contributed by atoms with Crippen LogP contribution in [0.3, 0.4) is 0 Å². The van der Waals surface area contributed by atoms with Crippen molar-refractivity contribution in [1.29, 1.82) is 0 Å². The Morgan fingerprint density at radius 3 is 2.59 bits per heavy atom. The molecule has 0 spiro atoms. The molecule has 0 unspecified atom stereocenters. The summed E-state index contributed by atoms with van der Waals surface area (Å²) in [5, 5.41) is 10.7. The van der Waals surface area contributed by atoms with E-state index in [4.69, 9.17) is 23.2 Å². The summed E-state index contributed by atoms with van der Waals surface area (Å²) in [6.07, 6.45) is 3.70. The van der Waals surface area contributed by atoms with E-state index < -0.39 is 57.1 Å². The van der Waals surface area contributed by atoms with Crippen molar-refractivity contribution in [3.05, 3.63) is 23.8 Å². The van der Waals surface area contributed by atoms with Crippen molar-refractivity contribution in [3.8, 4) is 0 Å². The van der Waals surface area contributed by atoms with Crippen LogP contribution in [0.15, 0.2) is 23.8 Å². The third-order valence-corrected chi connectivity index (χ3v) is 10.3. The van der Waals surface area contributed by atoms with Crippen molar-refractivity contribution in [2.75, 3.05) is 6.67 Å². The lowest BCUT2D eigenvalue weighted by molar-refractivity contribution is -0.166. The highest BCUT2D eigenvalue weighted by molar-refractivity contribution is 6.34. The summed E-state index contributed by atoms with van der Waals surface area (Å²) in [5.41, 5.74) is -3.49. The number of hydrogen-bond donors (Lipinski definition) is 1. The summed E-state index contributed by atoms with van der Waals surface area (Å²) < 4.78 is 28.8. The second kappa shape index (κ2) is 6.37. The fourth-order valence-electron chi connectivity index (χ4n) is 7.17. The van der Waals surface area contributed by atoms with Gasteiger partial charge in [0.25, 0.3) is 0 Å². The maximum atomic E-state index is 15.4. The first-order valence-electron chi connectivity index (χ1n) is 10.1. The van der Waals surface area contributed by atoms with Crippen molar-refractivity contribution in [1.82, 2.24) is 0 Å². The number of Topliss-reactive ketones (excluding diaryl/α,β-unsaturated/α-hetero) is 1. The minimum absolute atomic E-state index is 0.0577. The van der Waals surface area contributed by atoms with Gasteiger partial charge in [-0.05, 0) is 54.7 Å². The average Bonchev–Trinajstić information content (AvgIpc) is 2.86. The molecule has 160 valence electrons. The van der Waals surface area contributed by atoms with Gasteiger partial charge in [0.1, 0.15) is 11.8 Å². The van der Waals surface area contributed by atoms with Gasteiger partial charge in [-0.3, -0.25) is 9.59 Å². The van der Waals surface area contributed by atoms with Crippen molar-refractivity contribution in [3.63, 3.8) is 0 Å². The van der Waals surface area contributed by atoms with Crippen molar-refractivity contribution < 1.29 is 23.5 Å². The topological polar surface area (TPSA) is 54.4 Å². The monoisotopic (exact) mass is 446 g/mol. The molecular weight excluding hydrogens is 421 g/mol. The number of hydrogen-bond acceptors (Lipinski definition) is 3. The highest BCUT2D eigenvalue weighted by Gasteiger charge is 2.75. The van der Waals surface area contributed by atoms with Crippen LogP contribution >= 0.6 is 23.2 Å². The van der Waals surface area contributed by atoms with Gasteiger partial charge in [0.15, 0.2) is 18.2 Å². The minimum atomic E-state index is -1.86. The zero-order valence-electron chi connectivity index (χ0n) is 16.7. The lowest BCUT2D eigenvalue weighted by Gasteiger charge is -2.64. The van der Waals surface area contributed by atoms with Gasteiger partial charge in [0, 0.05) is 10.8 Å². The Labute approximate surface area is 179 Å². The molecule has 7 heteroatoms. The summed E-state index contributed by atoms with van der Waals surface area (Å²) in [7, 11) is 0. The Kier molecular flexibility index (Phi) is 4.71. The molecule has 4 aliphatic carbocycles. The van der Waals surface area contributed by atoms with Crippen LogP contribution in [0.1, 0.15) is 40.0 Å². The van der Waals surface area contributed by atoms with E-state index in [1.54, 1.807) is 19.9 Å². The number of allylic oxidation sites excluding steroid dienone is 4. The molecule has 29 heavy (non-hydrogen) atoms. The molecule has 3 saturated carbocycles. The molecule has 0 aromatic carbocycles. The van der Waals surface area contributed by atoms with Crippen molar-refractivity contribution >= 4 is 34.8 Å². The van der Waals surface area contributed by atoms with E-state index in [1.807, 2.05) is 6.92 Å². The fraction of sp³-hybridized carbons (Fsp3) is 0.727. The molecule has 3 nitrogen and oxygen atoms in total. The molecule has 0 radical (unpaired) electrons. The number of alkyl halides is 4. The number of halogens is 4. The van der Waals surface area contributed by atoms with E-state index >= 15 is 4.39 Å². The molecule has 9 atom stereocenters. The van der Waals surface area contributed by atoms with E-state index in [2.05, 4.69) is 0 Å². The Bertz CT molecular complexity index is 844. The van der Waals surface area contributed by atoms with E-state index in [1.165, 1.54) is 12.2 Å². The highest BCUT2D eigenvalue weighted by atomic mass is 35.5. The second-order valence-corrected chi connectivity index (χ2v) is 10.9. The quantitative estimate of drug-likeness (QED) is 0.641. The standard InChI is InChI=1S/C22H26Cl2F2O3/c1-11-6-13-14-8-16(26)15-7-12(27)4-5-19(15,2)21(14,24)17(23)9-20(13,3)22(11,29)18(28)10-25/h4-5,7,11,13-14,16-17,29H,6,8-10H2,1-3H3/t11-,13+,14+,16+,17+,19+,20+,21+,22+/m1/s1. The molecule has 0 aromatic rings. The number of aliphatic hydroxyl groups is 1. The highest BCUT2D eigenvalue weighted by Crippen LogP contribution is 2.72. The summed E-state index contributed by atoms with van der Waals surface area (Å²) in [5.74, 6) is -2.35. The summed E-state index contributed by atoms with van der Waals surface area (Å²) >= 11 is 14.2. The largest absolute Gasteiger partial charge is 0.381 e. The van der Waals surface area contributed by atoms with E-state index in [9.17, 15) is 19.1 Å². The Morgan fingerprint density at radius 2 is 1.97 bits per heavy atom. The van der Waals surface area contributed by atoms with Gasteiger partial charge in [-0.2, -0.15) is 0 Å². The first-order valence-corrected chi connectivity index (χ1v) is 10.9. The van der Waals surface area contributed by atoms with Crippen LogP contribution in [-0.4, -0.2) is 45.4 Å². The SMILES string of the molecule is C[C@@H]1C[C@H]2[C@@H]3C[C@H](F)C4=CC(=O)C=C[C@]4(C)[C@@]3(Cl)[C@@H](Cl)C[C@]2(C)[C@@]1(O)C(=O)CF. The van der Waals surface area contributed by atoms with Gasteiger partial charge in [-0.1, -0.05) is 26.8 Å². The predicted molar refractivity (Wildman–Crippen MR) is 107 cm³/mol. The summed E-state index contributed by atoms with van der Waals surface area (Å²) in [4.78, 5) is 23.3. The second-order valence-electron chi connectivity index (χ2n) is 9.77. The maximum Gasteiger partial charge on any atom is 0.196 e. The maximum absolute atomic E-state index is 15.4. The number of ketones is 2. The first-order chi connectivity index (χ1) is 13.4. The van der Waals surface area contributed by atoms with Gasteiger partial charge < -0.3 is 5.11 Å². The van der Waals surface area contributed by atoms with Crippen LogP contribution in [0.4, 0.5) is 8.78 Å². The van der Waals surface area contributed by atoms with E-state index in [0.717, 1.165) is 0 Å². The predicted octanol–water partition coefficient (Wildman–Crippen LogP) is 4.34. The zero-order valence-corrected chi connectivity index (χ0v) is 18.2. The lowest BCUT2D eigenvalue weighted by atomic mass is 9.46. The number of carbonyl (C=O) groups excluding carboxylic acids is 2. The van der Waals surface area contributed by atoms with Gasteiger partial charge >= 0.3 is 0 Å². The van der Waals surface area contributed by atoms with Crippen LogP contribution in [0.2, 0.25) is 0 Å². The van der Waals surface area contributed by atoms with Crippen LogP contribution < -0.4 is 0 Å². The molecule has 0 amide bonds. The van der Waals surface area contributed by atoms with Crippen LogP contribution in [0.5, 0.6) is 0 Å². The summed E-state index contributed by atoms with van der Waals surface area (Å²) in [6, 6.07) is 0. The van der Waals surface area contributed by atoms with E-state index in [-0.39, 0.29) is 24.5 Å². The van der Waals surface area contributed by atoms with Crippen molar-refractivity contribution in [2.24, 2.45) is 28.6 Å². The molecule has 0 heterocycles. The first kappa shape index (κ1) is 21.5. The van der Waals surface area contributed by atoms with E-state index in [0.29, 0.717) is 12.0 Å². The normalized spacial score (nSPS) is 53.7. The third kappa shape index (κ3) is 2.33.